The normalized spacial score (nSPS) is 15.9. The molecule has 1 saturated heterocycles. The predicted molar refractivity (Wildman–Crippen MR) is 168 cm³/mol. The predicted octanol–water partition coefficient (Wildman–Crippen LogP) is 5.35. The molecule has 0 radical (unpaired) electrons. The molecular formula is C33H38FN7O4. The fourth-order valence-corrected chi connectivity index (χ4v) is 5.59. The van der Waals surface area contributed by atoms with E-state index in [4.69, 9.17) is 14.5 Å². The van der Waals surface area contributed by atoms with E-state index in [1.165, 1.54) is 11.1 Å². The van der Waals surface area contributed by atoms with Crippen molar-refractivity contribution in [1.29, 1.82) is 0 Å². The van der Waals surface area contributed by atoms with Crippen LogP contribution < -0.4 is 14.4 Å². The highest BCUT2D eigenvalue weighted by atomic mass is 19.1. The first-order chi connectivity index (χ1) is 21.6. The zero-order valence-corrected chi connectivity index (χ0v) is 26.1. The SMILES string of the molecule is COc1ccc(CN(Cc2ccc(OC)cc2)c2nc(C)nc(-c3cc([C@@H](C)N4CCN(C(=O)O)C[C@@H]4C)cnc3F)n2)cc1. The summed E-state index contributed by atoms with van der Waals surface area (Å²) >= 11 is 0. The molecule has 1 fully saturated rings. The van der Waals surface area contributed by atoms with Crippen LogP contribution in [0.3, 0.4) is 0 Å². The summed E-state index contributed by atoms with van der Waals surface area (Å²) in [5.41, 5.74) is 3.00. The van der Waals surface area contributed by atoms with Gasteiger partial charge in [-0.3, -0.25) is 4.90 Å². The highest BCUT2D eigenvalue weighted by Crippen LogP contribution is 2.29. The van der Waals surface area contributed by atoms with Crippen LogP contribution >= 0.6 is 0 Å². The van der Waals surface area contributed by atoms with E-state index in [0.717, 1.165) is 28.2 Å². The molecular weight excluding hydrogens is 577 g/mol. The van der Waals surface area contributed by atoms with Gasteiger partial charge in [-0.25, -0.2) is 14.8 Å². The van der Waals surface area contributed by atoms with Crippen molar-refractivity contribution < 1.29 is 23.8 Å². The summed E-state index contributed by atoms with van der Waals surface area (Å²) in [6.07, 6.45) is 0.600. The van der Waals surface area contributed by atoms with E-state index in [0.29, 0.717) is 44.5 Å². The molecule has 2 atom stereocenters. The fourth-order valence-electron chi connectivity index (χ4n) is 5.59. The minimum Gasteiger partial charge on any atom is -0.497 e. The third kappa shape index (κ3) is 7.46. The Morgan fingerprint density at radius 1 is 1.00 bits per heavy atom. The van der Waals surface area contributed by atoms with Gasteiger partial charge >= 0.3 is 6.09 Å². The van der Waals surface area contributed by atoms with Gasteiger partial charge in [0.15, 0.2) is 5.82 Å². The maximum absolute atomic E-state index is 15.3. The highest BCUT2D eigenvalue weighted by Gasteiger charge is 2.30. The number of halogens is 1. The lowest BCUT2D eigenvalue weighted by Crippen LogP contribution is -2.53. The van der Waals surface area contributed by atoms with Crippen molar-refractivity contribution in [2.45, 2.75) is 45.9 Å². The molecule has 0 bridgehead atoms. The lowest BCUT2D eigenvalue weighted by Gasteiger charge is -2.42. The second-order valence-corrected chi connectivity index (χ2v) is 11.2. The van der Waals surface area contributed by atoms with Gasteiger partial charge in [0, 0.05) is 51.0 Å². The Morgan fingerprint density at radius 2 is 1.60 bits per heavy atom. The molecule has 1 N–H and O–H groups in total. The van der Waals surface area contributed by atoms with E-state index < -0.39 is 12.0 Å². The minimum absolute atomic E-state index is 0.0196. The lowest BCUT2D eigenvalue weighted by atomic mass is 10.0. The largest absolute Gasteiger partial charge is 0.497 e. The summed E-state index contributed by atoms with van der Waals surface area (Å²) < 4.78 is 26.0. The van der Waals surface area contributed by atoms with Crippen LogP contribution in [0.4, 0.5) is 15.1 Å². The second kappa shape index (κ2) is 13.9. The Labute approximate surface area is 262 Å². The molecule has 2 aromatic carbocycles. The maximum atomic E-state index is 15.3. The molecule has 236 valence electrons. The number of hydrogen-bond acceptors (Lipinski definition) is 9. The molecule has 0 aliphatic carbocycles. The van der Waals surface area contributed by atoms with Gasteiger partial charge in [0.2, 0.25) is 11.9 Å². The first-order valence-corrected chi connectivity index (χ1v) is 14.8. The number of amides is 1. The van der Waals surface area contributed by atoms with Crippen molar-refractivity contribution in [3.63, 3.8) is 0 Å². The van der Waals surface area contributed by atoms with Crippen LogP contribution in [0, 0.1) is 12.9 Å². The summed E-state index contributed by atoms with van der Waals surface area (Å²) in [4.78, 5) is 35.1. The average molecular weight is 616 g/mol. The summed E-state index contributed by atoms with van der Waals surface area (Å²) in [6.45, 7) is 8.09. The lowest BCUT2D eigenvalue weighted by molar-refractivity contribution is 0.0529. The number of pyridine rings is 1. The van der Waals surface area contributed by atoms with E-state index in [9.17, 15) is 9.90 Å². The third-order valence-corrected chi connectivity index (χ3v) is 8.11. The summed E-state index contributed by atoms with van der Waals surface area (Å²) in [6, 6.07) is 17.1. The minimum atomic E-state index is -0.922. The van der Waals surface area contributed by atoms with E-state index in [1.807, 2.05) is 67.3 Å². The van der Waals surface area contributed by atoms with Crippen LogP contribution in [-0.4, -0.2) is 80.8 Å². The van der Waals surface area contributed by atoms with Gasteiger partial charge in [-0.2, -0.15) is 14.4 Å². The number of aromatic nitrogens is 4. The quantitative estimate of drug-likeness (QED) is 0.234. The number of carboxylic acid groups (broad SMARTS) is 1. The fraction of sp³-hybridized carbons (Fsp3) is 0.364. The van der Waals surface area contributed by atoms with Gasteiger partial charge in [-0.1, -0.05) is 24.3 Å². The zero-order valence-electron chi connectivity index (χ0n) is 26.1. The van der Waals surface area contributed by atoms with Crippen LogP contribution in [0.2, 0.25) is 0 Å². The molecule has 1 aliphatic heterocycles. The van der Waals surface area contributed by atoms with Gasteiger partial charge in [0.25, 0.3) is 0 Å². The van der Waals surface area contributed by atoms with E-state index in [-0.39, 0.29) is 23.5 Å². The number of hydrogen-bond donors (Lipinski definition) is 1. The van der Waals surface area contributed by atoms with Crippen molar-refractivity contribution in [1.82, 2.24) is 29.7 Å². The molecule has 45 heavy (non-hydrogen) atoms. The molecule has 1 aliphatic rings. The molecule has 12 heteroatoms. The molecule has 0 saturated carbocycles. The monoisotopic (exact) mass is 615 g/mol. The molecule has 0 unspecified atom stereocenters. The summed E-state index contributed by atoms with van der Waals surface area (Å²) in [5.74, 6) is 1.88. The van der Waals surface area contributed by atoms with Crippen LogP contribution in [0.1, 0.15) is 42.4 Å². The van der Waals surface area contributed by atoms with Gasteiger partial charge in [-0.05, 0) is 67.8 Å². The zero-order chi connectivity index (χ0) is 32.1. The van der Waals surface area contributed by atoms with Gasteiger partial charge in [-0.15, -0.1) is 0 Å². The first kappa shape index (κ1) is 31.6. The number of aryl methyl sites for hydroxylation is 1. The maximum Gasteiger partial charge on any atom is 0.407 e. The number of nitrogens with zero attached hydrogens (tertiary/aromatic N) is 7. The third-order valence-electron chi connectivity index (χ3n) is 8.11. The Bertz CT molecular complexity index is 1570. The molecule has 2 aromatic heterocycles. The molecule has 4 aromatic rings. The van der Waals surface area contributed by atoms with Crippen molar-refractivity contribution in [3.05, 3.63) is 89.3 Å². The number of rotatable bonds is 10. The Morgan fingerprint density at radius 3 is 2.13 bits per heavy atom. The van der Waals surface area contributed by atoms with E-state index >= 15 is 4.39 Å². The first-order valence-electron chi connectivity index (χ1n) is 14.8. The Hall–Kier alpha value is -4.84. The van der Waals surface area contributed by atoms with Gasteiger partial charge in [0.05, 0.1) is 19.8 Å². The van der Waals surface area contributed by atoms with Crippen molar-refractivity contribution >= 4 is 12.0 Å². The number of piperazine rings is 1. The topological polar surface area (TPSA) is 117 Å². The highest BCUT2D eigenvalue weighted by molar-refractivity contribution is 5.65. The average Bonchev–Trinajstić information content (AvgIpc) is 3.04. The standard InChI is InChI=1S/C33H38FN7O4/c1-21-18-39(33(42)43)14-15-41(21)22(2)26-16-29(30(34)35-17-26)31-36-23(3)37-32(38-31)40(19-24-6-10-27(44-4)11-7-24)20-25-8-12-28(45-5)13-9-25/h6-13,16-17,21-22H,14-15,18-20H2,1-5H3,(H,42,43)/t21-,22+/m0/s1. The Kier molecular flexibility index (Phi) is 9.72. The summed E-state index contributed by atoms with van der Waals surface area (Å²) in [7, 11) is 3.26. The Balaban J connectivity index is 1.47. The smallest absolute Gasteiger partial charge is 0.407 e. The van der Waals surface area contributed by atoms with E-state index in [2.05, 4.69) is 19.9 Å². The van der Waals surface area contributed by atoms with Crippen LogP contribution in [0.5, 0.6) is 11.5 Å². The molecule has 5 rings (SSSR count). The molecule has 3 heterocycles. The van der Waals surface area contributed by atoms with E-state index in [1.54, 1.807) is 27.2 Å². The van der Waals surface area contributed by atoms with Crippen molar-refractivity contribution in [2.24, 2.45) is 0 Å². The van der Waals surface area contributed by atoms with Crippen LogP contribution in [-0.2, 0) is 13.1 Å². The molecule has 11 nitrogen and oxygen atoms in total. The van der Waals surface area contributed by atoms with Crippen LogP contribution in [0.25, 0.3) is 11.4 Å². The van der Waals surface area contributed by atoms with Gasteiger partial charge < -0.3 is 24.4 Å². The number of methoxy groups -OCH3 is 2. The number of ether oxygens (including phenoxy) is 2. The molecule has 1 amide bonds. The number of anilines is 1. The number of carbonyl (C=O) groups is 1. The van der Waals surface area contributed by atoms with Crippen LogP contribution in [0.15, 0.2) is 60.8 Å². The second-order valence-electron chi connectivity index (χ2n) is 11.2. The summed E-state index contributed by atoms with van der Waals surface area (Å²) in [5, 5.41) is 9.41. The van der Waals surface area contributed by atoms with Gasteiger partial charge in [0.1, 0.15) is 17.3 Å². The number of benzene rings is 2. The van der Waals surface area contributed by atoms with Crippen molar-refractivity contribution in [2.75, 3.05) is 38.8 Å². The van der Waals surface area contributed by atoms with Crippen molar-refractivity contribution in [3.8, 4) is 22.9 Å². The molecule has 0 spiro atoms.